The summed E-state index contributed by atoms with van der Waals surface area (Å²) in [4.78, 5) is 36.1. The van der Waals surface area contributed by atoms with E-state index in [1.165, 1.54) is 14.0 Å². The van der Waals surface area contributed by atoms with Crippen molar-refractivity contribution in [2.24, 2.45) is 17.8 Å². The fourth-order valence-electron chi connectivity index (χ4n) is 10.7. The summed E-state index contributed by atoms with van der Waals surface area (Å²) in [5.74, 6) is -3.09. The molecule has 18 atom stereocenters. The second kappa shape index (κ2) is 23.2. The van der Waals surface area contributed by atoms with Gasteiger partial charge in [-0.25, -0.2) is 0 Å². The SMILES string of the molecule is CC[C@H]1OC(=O)[C@H](C)[C@@H](O[C@H]2C[C@@](C)(OC)[C@@H](O)[C@H](C)O2)[C@H](C)[C@@H](O[C@@H]2O[C@H](C)C[C@H](N(C)C(=O)CCCNc3ccnc4cc(Cl)ccc34)[C@H]2O)[C@](C)(O)C[C@@H](C)CN(C)[C@H](C)[C@@H](O)[C@]1(C)O. The highest BCUT2D eigenvalue weighted by Gasteiger charge is 2.53. The number of aliphatic hydroxyl groups is 5. The molecule has 1 aromatic heterocycles. The first kappa shape index (κ1) is 56.1. The van der Waals surface area contributed by atoms with Gasteiger partial charge in [0.05, 0.1) is 53.1 Å². The van der Waals surface area contributed by atoms with Crippen molar-refractivity contribution in [3.8, 4) is 0 Å². The standard InChI is InChI=1S/C50H81ClN4O13/c1-14-38-50(10,62)43(58)31(6)54(11)26-27(2)24-48(8,61)45(29(4)42(30(5)46(60)66-38)67-40-25-49(9,63-13)44(59)32(7)65-40)68-47-41(57)37(22-28(3)64-47)55(12)39(56)16-15-20-52-35-19-21-53-36-23-33(51)17-18-34(35)36/h17-19,21,23,27-32,37-38,40-45,47,57-59,61-62H,14-16,20,22,24-26H2,1-13H3,(H,52,53)/t27-,28-,29+,30-,31-,32+,37+,38-,40+,41-,42+,43-,44+,45-,47+,48-,49-,50-/m1/s1. The van der Waals surface area contributed by atoms with Crippen LogP contribution in [0.2, 0.25) is 5.02 Å². The van der Waals surface area contributed by atoms with E-state index in [1.54, 1.807) is 78.7 Å². The number of cyclic esters (lactones) is 1. The average molecular weight is 982 g/mol. The Balaban J connectivity index is 1.44. The van der Waals surface area contributed by atoms with E-state index in [0.717, 1.165) is 16.6 Å². The van der Waals surface area contributed by atoms with Crippen molar-refractivity contribution in [2.45, 2.75) is 198 Å². The number of pyridine rings is 1. The molecule has 2 aromatic rings. The molecule has 1 amide bonds. The van der Waals surface area contributed by atoms with Gasteiger partial charge in [0, 0.05) is 74.3 Å². The first-order chi connectivity index (χ1) is 31.8. The maximum Gasteiger partial charge on any atom is 0.311 e. The van der Waals surface area contributed by atoms with E-state index in [-0.39, 0.29) is 37.5 Å². The van der Waals surface area contributed by atoms with Gasteiger partial charge < -0.3 is 69.1 Å². The van der Waals surface area contributed by atoms with Crippen molar-refractivity contribution in [1.29, 1.82) is 0 Å². The Morgan fingerprint density at radius 3 is 2.37 bits per heavy atom. The fourth-order valence-corrected chi connectivity index (χ4v) is 10.9. The number of aliphatic hydroxyl groups excluding tert-OH is 3. The molecule has 0 radical (unpaired) electrons. The zero-order valence-corrected chi connectivity index (χ0v) is 43.2. The minimum atomic E-state index is -1.85. The molecule has 386 valence electrons. The Kier molecular flexibility index (Phi) is 19.1. The lowest BCUT2D eigenvalue weighted by molar-refractivity contribution is -0.317. The Morgan fingerprint density at radius 2 is 1.71 bits per heavy atom. The lowest BCUT2D eigenvalue weighted by atomic mass is 9.77. The zero-order valence-electron chi connectivity index (χ0n) is 42.4. The number of benzene rings is 1. The van der Waals surface area contributed by atoms with Gasteiger partial charge in [0.25, 0.3) is 0 Å². The molecule has 0 aliphatic carbocycles. The molecule has 6 N–H and O–H groups in total. The minimum Gasteiger partial charge on any atom is -0.459 e. The third-order valence-corrected chi connectivity index (χ3v) is 15.3. The van der Waals surface area contributed by atoms with E-state index in [9.17, 15) is 35.1 Å². The van der Waals surface area contributed by atoms with Crippen molar-refractivity contribution in [3.05, 3.63) is 35.5 Å². The number of hydrogen-bond acceptors (Lipinski definition) is 16. The fraction of sp³-hybridized carbons (Fsp3) is 0.780. The monoisotopic (exact) mass is 981 g/mol. The Bertz CT molecular complexity index is 1980. The van der Waals surface area contributed by atoms with Crippen LogP contribution in [-0.2, 0) is 38.0 Å². The number of carbonyl (C=O) groups is 2. The number of anilines is 1. The van der Waals surface area contributed by atoms with Gasteiger partial charge in [0.2, 0.25) is 5.91 Å². The molecule has 3 aliphatic rings. The minimum absolute atomic E-state index is 0.0810. The molecule has 0 bridgehead atoms. The largest absolute Gasteiger partial charge is 0.459 e. The number of esters is 1. The van der Waals surface area contributed by atoms with E-state index in [4.69, 9.17) is 40.0 Å². The normalized spacial score (nSPS) is 40.5. The first-order valence-corrected chi connectivity index (χ1v) is 24.7. The number of halogens is 1. The summed E-state index contributed by atoms with van der Waals surface area (Å²) < 4.78 is 38.0. The summed E-state index contributed by atoms with van der Waals surface area (Å²) in [6, 6.07) is 6.08. The van der Waals surface area contributed by atoms with Crippen LogP contribution in [0.15, 0.2) is 30.5 Å². The van der Waals surface area contributed by atoms with E-state index in [0.29, 0.717) is 31.0 Å². The second-order valence-electron chi connectivity index (χ2n) is 20.8. The summed E-state index contributed by atoms with van der Waals surface area (Å²) in [6.45, 7) is 18.2. The maximum atomic E-state index is 14.4. The Hall–Kier alpha value is -2.78. The number of fused-ring (bicyclic) bond motifs is 1. The Morgan fingerprint density at radius 1 is 1.01 bits per heavy atom. The van der Waals surface area contributed by atoms with Crippen LogP contribution < -0.4 is 5.32 Å². The van der Waals surface area contributed by atoms with Gasteiger partial charge in [-0.1, -0.05) is 32.4 Å². The van der Waals surface area contributed by atoms with Gasteiger partial charge in [-0.2, -0.15) is 0 Å². The number of aromatic nitrogens is 1. The number of ether oxygens (including phenoxy) is 6. The van der Waals surface area contributed by atoms with Crippen LogP contribution in [-0.4, -0.2) is 177 Å². The molecule has 3 fully saturated rings. The zero-order chi connectivity index (χ0) is 50.6. The smallest absolute Gasteiger partial charge is 0.311 e. The van der Waals surface area contributed by atoms with Gasteiger partial charge >= 0.3 is 5.97 Å². The molecule has 3 aliphatic heterocycles. The van der Waals surface area contributed by atoms with E-state index >= 15 is 0 Å². The maximum absolute atomic E-state index is 14.4. The molecule has 68 heavy (non-hydrogen) atoms. The van der Waals surface area contributed by atoms with Crippen molar-refractivity contribution in [3.63, 3.8) is 0 Å². The van der Waals surface area contributed by atoms with Crippen molar-refractivity contribution >= 4 is 40.1 Å². The quantitative estimate of drug-likeness (QED) is 0.123. The van der Waals surface area contributed by atoms with Gasteiger partial charge in [0.1, 0.15) is 30.0 Å². The van der Waals surface area contributed by atoms with Gasteiger partial charge in [-0.15, -0.1) is 0 Å². The molecular formula is C50H81ClN4O13. The molecule has 3 saturated heterocycles. The van der Waals surface area contributed by atoms with Crippen LogP contribution in [0.1, 0.15) is 108 Å². The van der Waals surface area contributed by atoms with E-state index in [2.05, 4.69) is 10.3 Å². The lowest BCUT2D eigenvalue weighted by Gasteiger charge is -2.49. The van der Waals surface area contributed by atoms with Gasteiger partial charge in [-0.3, -0.25) is 14.6 Å². The number of likely N-dealkylation sites (N-methyl/N-ethyl adjacent to an activating group) is 2. The average Bonchev–Trinajstić information content (AvgIpc) is 3.28. The van der Waals surface area contributed by atoms with Crippen molar-refractivity contribution in [1.82, 2.24) is 14.8 Å². The van der Waals surface area contributed by atoms with Crippen LogP contribution in [0.25, 0.3) is 10.9 Å². The predicted molar refractivity (Wildman–Crippen MR) is 258 cm³/mol. The molecule has 17 nitrogen and oxygen atoms in total. The third-order valence-electron chi connectivity index (χ3n) is 15.0. The van der Waals surface area contributed by atoms with Crippen molar-refractivity contribution < 1.29 is 63.5 Å². The number of methoxy groups -OCH3 is 1. The number of rotatable bonds is 12. The summed E-state index contributed by atoms with van der Waals surface area (Å²) in [7, 11) is 4.97. The van der Waals surface area contributed by atoms with Gasteiger partial charge in [0.15, 0.2) is 12.6 Å². The van der Waals surface area contributed by atoms with Crippen LogP contribution >= 0.6 is 11.6 Å². The molecule has 5 rings (SSSR count). The molecule has 18 heteroatoms. The molecule has 0 spiro atoms. The Labute approximate surface area is 408 Å². The number of amides is 1. The summed E-state index contributed by atoms with van der Waals surface area (Å²) in [6.07, 6.45) is -7.48. The van der Waals surface area contributed by atoms with Gasteiger partial charge in [-0.05, 0) is 111 Å². The third kappa shape index (κ3) is 12.8. The molecule has 0 unspecified atom stereocenters. The number of nitrogens with zero attached hydrogens (tertiary/aromatic N) is 3. The summed E-state index contributed by atoms with van der Waals surface area (Å²) >= 11 is 6.18. The number of carbonyl (C=O) groups excluding carboxylic acids is 2. The van der Waals surface area contributed by atoms with Crippen LogP contribution in [0, 0.1) is 17.8 Å². The van der Waals surface area contributed by atoms with Crippen LogP contribution in [0.4, 0.5) is 5.69 Å². The molecule has 0 saturated carbocycles. The molecular weight excluding hydrogens is 900 g/mol. The summed E-state index contributed by atoms with van der Waals surface area (Å²) in [5.41, 5.74) is -2.97. The lowest BCUT2D eigenvalue weighted by Crippen LogP contribution is -2.61. The van der Waals surface area contributed by atoms with E-state index < -0.39 is 108 Å². The summed E-state index contributed by atoms with van der Waals surface area (Å²) in [5, 5.41) is 64.4. The first-order valence-electron chi connectivity index (χ1n) is 24.4. The highest BCUT2D eigenvalue weighted by molar-refractivity contribution is 6.31. The highest BCUT2D eigenvalue weighted by Crippen LogP contribution is 2.40. The topological polar surface area (TPSA) is 222 Å². The van der Waals surface area contributed by atoms with Crippen LogP contribution in [0.3, 0.4) is 0 Å². The van der Waals surface area contributed by atoms with E-state index in [1.807, 2.05) is 37.9 Å². The predicted octanol–water partition coefficient (Wildman–Crippen LogP) is 4.89. The molecule has 1 aromatic carbocycles. The molecule has 4 heterocycles. The highest BCUT2D eigenvalue weighted by atomic mass is 35.5. The van der Waals surface area contributed by atoms with Crippen molar-refractivity contribution in [2.75, 3.05) is 39.6 Å². The number of nitrogens with one attached hydrogen (secondary N) is 1. The second-order valence-corrected chi connectivity index (χ2v) is 21.2. The van der Waals surface area contributed by atoms with Crippen LogP contribution in [0.5, 0.6) is 0 Å². The number of hydrogen-bond donors (Lipinski definition) is 6.